The third kappa shape index (κ3) is 5.75. The van der Waals surface area contributed by atoms with Gasteiger partial charge in [-0.2, -0.15) is 18.4 Å². The van der Waals surface area contributed by atoms with E-state index in [4.69, 9.17) is 4.74 Å². The summed E-state index contributed by atoms with van der Waals surface area (Å²) in [6.45, 7) is 6.46. The molecule has 0 atom stereocenters. The first kappa shape index (κ1) is 28.5. The molecule has 202 valence electrons. The molecular formula is C27H24BrF3N6OS. The van der Waals surface area contributed by atoms with Gasteiger partial charge in [-0.15, -0.1) is 33.8 Å². The second kappa shape index (κ2) is 12.1. The van der Waals surface area contributed by atoms with Gasteiger partial charge < -0.3 is 14.5 Å². The van der Waals surface area contributed by atoms with Crippen LogP contribution in [0.4, 0.5) is 19.1 Å². The summed E-state index contributed by atoms with van der Waals surface area (Å²) < 4.78 is 47.5. The molecule has 0 N–H and O–H groups in total. The fourth-order valence-electron chi connectivity index (χ4n) is 4.35. The Kier molecular flexibility index (Phi) is 8.84. The average Bonchev–Trinajstić information content (AvgIpc) is 3.55. The molecule has 3 aromatic rings. The van der Waals surface area contributed by atoms with Crippen LogP contribution in [0.15, 0.2) is 77.7 Å². The monoisotopic (exact) mass is 616 g/mol. The molecule has 0 amide bonds. The van der Waals surface area contributed by atoms with Gasteiger partial charge in [-0.3, -0.25) is 4.57 Å². The van der Waals surface area contributed by atoms with Gasteiger partial charge in [0.05, 0.1) is 30.2 Å². The molecule has 0 aliphatic carbocycles. The molecule has 3 heterocycles. The van der Waals surface area contributed by atoms with Gasteiger partial charge >= 0.3 is 6.18 Å². The van der Waals surface area contributed by atoms with Crippen molar-refractivity contribution in [1.82, 2.24) is 19.7 Å². The summed E-state index contributed by atoms with van der Waals surface area (Å²) in [6.07, 6.45) is -2.83. The van der Waals surface area contributed by atoms with E-state index in [1.54, 1.807) is 22.5 Å². The molecule has 39 heavy (non-hydrogen) atoms. The van der Waals surface area contributed by atoms with Gasteiger partial charge in [-0.1, -0.05) is 48.2 Å². The average molecular weight is 617 g/mol. The maximum Gasteiger partial charge on any atom is 0.416 e. The lowest BCUT2D eigenvalue weighted by Crippen LogP contribution is -2.38. The second-order valence-electron chi connectivity index (χ2n) is 8.48. The maximum absolute atomic E-state index is 13.4. The van der Waals surface area contributed by atoms with Gasteiger partial charge in [0.2, 0.25) is 5.95 Å². The number of thioether (sulfide) groups is 1. The molecule has 1 aromatic heterocycles. The van der Waals surface area contributed by atoms with Gasteiger partial charge in [-0.25, -0.2) is 0 Å². The molecule has 2 aliphatic heterocycles. The van der Waals surface area contributed by atoms with Gasteiger partial charge in [0.25, 0.3) is 0 Å². The lowest BCUT2D eigenvalue weighted by atomic mass is 10.1. The van der Waals surface area contributed by atoms with Crippen molar-refractivity contribution in [1.29, 1.82) is 5.26 Å². The number of ether oxygens (including phenoxy) is 1. The van der Waals surface area contributed by atoms with Crippen LogP contribution in [0, 0.1) is 11.3 Å². The molecule has 1 fully saturated rings. The van der Waals surface area contributed by atoms with Crippen LogP contribution in [0.2, 0.25) is 0 Å². The summed E-state index contributed by atoms with van der Waals surface area (Å²) in [7, 11) is 0. The molecule has 0 saturated carbocycles. The molecule has 5 rings (SSSR count). The number of alkyl halides is 3. The van der Waals surface area contributed by atoms with E-state index in [2.05, 4.69) is 27.7 Å². The summed E-state index contributed by atoms with van der Waals surface area (Å²) >= 11 is 1.26. The van der Waals surface area contributed by atoms with E-state index in [1.807, 2.05) is 34.9 Å². The van der Waals surface area contributed by atoms with Crippen LogP contribution in [-0.2, 0) is 10.9 Å². The van der Waals surface area contributed by atoms with Crippen molar-refractivity contribution in [3.8, 4) is 11.8 Å². The van der Waals surface area contributed by atoms with Crippen LogP contribution >= 0.6 is 28.7 Å². The summed E-state index contributed by atoms with van der Waals surface area (Å²) in [5, 5.41) is 21.5. The highest BCUT2D eigenvalue weighted by Gasteiger charge is 2.33. The van der Waals surface area contributed by atoms with E-state index < -0.39 is 11.7 Å². The normalized spacial score (nSPS) is 16.8. The lowest BCUT2D eigenvalue weighted by molar-refractivity contribution is -0.137. The highest BCUT2D eigenvalue weighted by molar-refractivity contribution is 8.93. The number of para-hydroxylation sites is 1. The van der Waals surface area contributed by atoms with E-state index in [-0.39, 0.29) is 29.1 Å². The quantitative estimate of drug-likeness (QED) is 0.244. The number of halogens is 4. The Labute approximate surface area is 238 Å². The van der Waals surface area contributed by atoms with Crippen molar-refractivity contribution >= 4 is 46.0 Å². The molecule has 12 heteroatoms. The number of aromatic nitrogens is 3. The van der Waals surface area contributed by atoms with Crippen LogP contribution in [0.5, 0.6) is 0 Å². The minimum Gasteiger partial charge on any atom is -0.378 e. The zero-order valence-corrected chi connectivity index (χ0v) is 23.2. The Bertz CT molecular complexity index is 1440. The van der Waals surface area contributed by atoms with Gasteiger partial charge in [-0.05, 0) is 29.8 Å². The van der Waals surface area contributed by atoms with Crippen LogP contribution in [0.1, 0.15) is 17.0 Å². The number of benzene rings is 2. The van der Waals surface area contributed by atoms with Crippen molar-refractivity contribution in [3.05, 3.63) is 94.6 Å². The lowest BCUT2D eigenvalue weighted by Gasteiger charge is -2.28. The third-order valence-electron chi connectivity index (χ3n) is 6.12. The first-order valence-corrected chi connectivity index (χ1v) is 12.7. The van der Waals surface area contributed by atoms with Crippen LogP contribution in [0.25, 0.3) is 17.0 Å². The number of hydrogen-bond acceptors (Lipinski definition) is 7. The van der Waals surface area contributed by atoms with Crippen molar-refractivity contribution in [3.63, 3.8) is 0 Å². The van der Waals surface area contributed by atoms with Crippen LogP contribution < -0.4 is 4.90 Å². The number of anilines is 1. The fraction of sp³-hybridized carbons (Fsp3) is 0.222. The van der Waals surface area contributed by atoms with Crippen molar-refractivity contribution < 1.29 is 17.9 Å². The Morgan fingerprint density at radius 3 is 2.51 bits per heavy atom. The van der Waals surface area contributed by atoms with E-state index in [9.17, 15) is 18.4 Å². The topological polar surface area (TPSA) is 70.2 Å². The predicted molar refractivity (Wildman–Crippen MR) is 151 cm³/mol. The Morgan fingerprint density at radius 1 is 1.10 bits per heavy atom. The Morgan fingerprint density at radius 2 is 1.85 bits per heavy atom. The molecule has 0 spiro atoms. The van der Waals surface area contributed by atoms with Crippen molar-refractivity contribution in [2.45, 2.75) is 6.18 Å². The number of allylic oxidation sites excluding steroid dienone is 1. The minimum absolute atomic E-state index is 0. The van der Waals surface area contributed by atoms with Crippen molar-refractivity contribution in [2.24, 2.45) is 0 Å². The van der Waals surface area contributed by atoms with E-state index in [1.165, 1.54) is 17.8 Å². The van der Waals surface area contributed by atoms with Gasteiger partial charge in [0.15, 0.2) is 5.82 Å². The summed E-state index contributed by atoms with van der Waals surface area (Å²) in [6, 6.07) is 16.9. The van der Waals surface area contributed by atoms with Gasteiger partial charge in [0.1, 0.15) is 16.7 Å². The SMILES string of the molecule is Br.C=CCN1C(c2cccc(C(F)(F)F)c2)=CSC1=C(C#N)c1nnc(N2CCOCC2)n1-c1ccccc1. The zero-order valence-electron chi connectivity index (χ0n) is 20.6. The molecule has 0 bridgehead atoms. The molecular weight excluding hydrogens is 593 g/mol. The second-order valence-corrected chi connectivity index (χ2v) is 9.34. The van der Waals surface area contributed by atoms with Crippen LogP contribution in [-0.4, -0.2) is 52.5 Å². The Hall–Kier alpha value is -3.53. The molecule has 1 saturated heterocycles. The maximum atomic E-state index is 13.4. The highest BCUT2D eigenvalue weighted by atomic mass is 79.9. The number of hydrogen-bond donors (Lipinski definition) is 0. The predicted octanol–water partition coefficient (Wildman–Crippen LogP) is 6.13. The number of rotatable bonds is 6. The van der Waals surface area contributed by atoms with Gasteiger partial charge in [0, 0.05) is 25.0 Å². The summed E-state index contributed by atoms with van der Waals surface area (Å²) in [5.41, 5.74) is 1.23. The smallest absolute Gasteiger partial charge is 0.378 e. The summed E-state index contributed by atoms with van der Waals surface area (Å²) in [4.78, 5) is 3.84. The fourth-order valence-corrected chi connectivity index (χ4v) is 5.39. The standard InChI is InChI=1S/C27H23F3N6OS.BrH/c1-2-11-35-23(19-7-6-8-20(16-19)27(28,29)30)18-38-25(35)22(17-31)24-32-33-26(34-12-14-37-15-13-34)36(24)21-9-4-3-5-10-21;/h2-10,16,18H,1,11-15H2;1H. The van der Waals surface area contributed by atoms with E-state index >= 15 is 0 Å². The minimum atomic E-state index is -4.47. The first-order chi connectivity index (χ1) is 18.4. The highest BCUT2D eigenvalue weighted by Crippen LogP contribution is 2.44. The molecule has 2 aromatic carbocycles. The summed E-state index contributed by atoms with van der Waals surface area (Å²) in [5.74, 6) is 0.933. The molecule has 7 nitrogen and oxygen atoms in total. The largest absolute Gasteiger partial charge is 0.416 e. The first-order valence-electron chi connectivity index (χ1n) is 11.8. The molecule has 0 radical (unpaired) electrons. The zero-order chi connectivity index (χ0) is 26.7. The Balaban J connectivity index is 0.00000353. The van der Waals surface area contributed by atoms with E-state index in [0.717, 1.165) is 17.8 Å². The molecule has 0 unspecified atom stereocenters. The number of nitrogens with zero attached hydrogens (tertiary/aromatic N) is 6. The van der Waals surface area contributed by atoms with E-state index in [0.29, 0.717) is 54.4 Å². The molecule has 2 aliphatic rings. The number of nitriles is 1. The third-order valence-corrected chi connectivity index (χ3v) is 7.11. The number of morpholine rings is 1. The van der Waals surface area contributed by atoms with Crippen LogP contribution in [0.3, 0.4) is 0 Å². The van der Waals surface area contributed by atoms with Crippen molar-refractivity contribution in [2.75, 3.05) is 37.7 Å².